The number of hydrogen-bond donors (Lipinski definition) is 2. The lowest BCUT2D eigenvalue weighted by molar-refractivity contribution is 0.102. The molecule has 0 spiro atoms. The minimum absolute atomic E-state index is 0.248. The third-order valence-electron chi connectivity index (χ3n) is 3.05. The molecule has 6 heteroatoms. The second-order valence-corrected chi connectivity index (χ2v) is 5.17. The second kappa shape index (κ2) is 8.41. The summed E-state index contributed by atoms with van der Waals surface area (Å²) in [5.74, 6) is 0.370. The number of carbonyl (C=O) groups is 1. The van der Waals surface area contributed by atoms with Gasteiger partial charge in [-0.25, -0.2) is 0 Å². The number of rotatable bonds is 7. The molecule has 0 fully saturated rings. The maximum Gasteiger partial charge on any atom is 0.255 e. The standard InChI is InChI=1S/C17H19ClN2O3/c1-2-22-8-9-23-14-5-3-4-12(10-14)17(21)20-13-6-7-15(18)16(19)11-13/h3-7,10-11H,2,8-9,19H2,1H3,(H,20,21). The highest BCUT2D eigenvalue weighted by molar-refractivity contribution is 6.33. The molecule has 0 saturated heterocycles. The van der Waals surface area contributed by atoms with Crippen molar-refractivity contribution in [3.63, 3.8) is 0 Å². The Balaban J connectivity index is 2.00. The molecule has 0 heterocycles. The second-order valence-electron chi connectivity index (χ2n) is 4.76. The average Bonchev–Trinajstić information content (AvgIpc) is 2.55. The van der Waals surface area contributed by atoms with E-state index in [0.29, 0.717) is 47.5 Å². The Morgan fingerprint density at radius 1 is 1.22 bits per heavy atom. The van der Waals surface area contributed by atoms with Crippen LogP contribution in [0.1, 0.15) is 17.3 Å². The number of amides is 1. The van der Waals surface area contributed by atoms with Crippen molar-refractivity contribution in [3.05, 3.63) is 53.1 Å². The van der Waals surface area contributed by atoms with Crippen LogP contribution in [0.4, 0.5) is 11.4 Å². The van der Waals surface area contributed by atoms with Gasteiger partial charge in [0.2, 0.25) is 0 Å². The molecule has 0 atom stereocenters. The number of nitrogen functional groups attached to an aromatic ring is 1. The topological polar surface area (TPSA) is 73.6 Å². The van der Waals surface area contributed by atoms with Gasteiger partial charge in [0.25, 0.3) is 5.91 Å². The van der Waals surface area contributed by atoms with E-state index in [1.54, 1.807) is 42.5 Å². The molecule has 0 aliphatic carbocycles. The van der Waals surface area contributed by atoms with Crippen LogP contribution in [0.2, 0.25) is 5.02 Å². The lowest BCUT2D eigenvalue weighted by Gasteiger charge is -2.09. The van der Waals surface area contributed by atoms with Gasteiger partial charge in [0, 0.05) is 17.9 Å². The zero-order valence-corrected chi connectivity index (χ0v) is 13.6. The Labute approximate surface area is 140 Å². The fraction of sp³-hybridized carbons (Fsp3) is 0.235. The third-order valence-corrected chi connectivity index (χ3v) is 3.39. The van der Waals surface area contributed by atoms with Crippen LogP contribution >= 0.6 is 11.6 Å². The van der Waals surface area contributed by atoms with Crippen molar-refractivity contribution in [1.29, 1.82) is 0 Å². The van der Waals surface area contributed by atoms with Crippen molar-refractivity contribution in [1.82, 2.24) is 0 Å². The molecule has 0 aromatic heterocycles. The number of ether oxygens (including phenoxy) is 2. The van der Waals surface area contributed by atoms with E-state index >= 15 is 0 Å². The maximum atomic E-state index is 12.3. The molecule has 0 bridgehead atoms. The van der Waals surface area contributed by atoms with Crippen molar-refractivity contribution in [2.45, 2.75) is 6.92 Å². The zero-order chi connectivity index (χ0) is 16.7. The van der Waals surface area contributed by atoms with Gasteiger partial charge in [0.1, 0.15) is 12.4 Å². The fourth-order valence-electron chi connectivity index (χ4n) is 1.91. The Kier molecular flexibility index (Phi) is 6.26. The van der Waals surface area contributed by atoms with Gasteiger partial charge in [0.15, 0.2) is 0 Å². The van der Waals surface area contributed by atoms with Crippen LogP contribution in [0.25, 0.3) is 0 Å². The molecule has 0 aliphatic heterocycles. The molecule has 0 unspecified atom stereocenters. The first-order valence-corrected chi connectivity index (χ1v) is 7.65. The lowest BCUT2D eigenvalue weighted by atomic mass is 10.2. The molecule has 2 aromatic rings. The van der Waals surface area contributed by atoms with Crippen molar-refractivity contribution in [3.8, 4) is 5.75 Å². The number of halogens is 1. The predicted octanol–water partition coefficient (Wildman–Crippen LogP) is 3.59. The first-order valence-electron chi connectivity index (χ1n) is 7.27. The quantitative estimate of drug-likeness (QED) is 0.599. The van der Waals surface area contributed by atoms with E-state index in [0.717, 1.165) is 0 Å². The summed E-state index contributed by atoms with van der Waals surface area (Å²) in [6.45, 7) is 3.52. The van der Waals surface area contributed by atoms with Crippen molar-refractivity contribution in [2.24, 2.45) is 0 Å². The molecule has 122 valence electrons. The van der Waals surface area contributed by atoms with E-state index < -0.39 is 0 Å². The average molecular weight is 335 g/mol. The predicted molar refractivity (Wildman–Crippen MR) is 92.2 cm³/mol. The highest BCUT2D eigenvalue weighted by atomic mass is 35.5. The van der Waals surface area contributed by atoms with E-state index in [1.807, 2.05) is 6.92 Å². The first-order chi connectivity index (χ1) is 11.1. The summed E-state index contributed by atoms with van der Waals surface area (Å²) in [4.78, 5) is 12.3. The lowest BCUT2D eigenvalue weighted by Crippen LogP contribution is -2.12. The monoisotopic (exact) mass is 334 g/mol. The molecule has 2 aromatic carbocycles. The Morgan fingerprint density at radius 3 is 2.78 bits per heavy atom. The highest BCUT2D eigenvalue weighted by Crippen LogP contribution is 2.23. The van der Waals surface area contributed by atoms with E-state index in [4.69, 9.17) is 26.8 Å². The van der Waals surface area contributed by atoms with E-state index in [-0.39, 0.29) is 5.91 Å². The smallest absolute Gasteiger partial charge is 0.255 e. The van der Waals surface area contributed by atoms with Gasteiger partial charge in [-0.05, 0) is 43.3 Å². The van der Waals surface area contributed by atoms with E-state index in [1.165, 1.54) is 0 Å². The zero-order valence-electron chi connectivity index (χ0n) is 12.8. The van der Waals surface area contributed by atoms with Crippen LogP contribution in [0, 0.1) is 0 Å². The SMILES string of the molecule is CCOCCOc1cccc(C(=O)Nc2ccc(Cl)c(N)c2)c1. The molecule has 1 amide bonds. The summed E-state index contributed by atoms with van der Waals surface area (Å²) >= 11 is 5.86. The molecule has 23 heavy (non-hydrogen) atoms. The molecule has 2 rings (SSSR count). The minimum Gasteiger partial charge on any atom is -0.491 e. The molecule has 5 nitrogen and oxygen atoms in total. The van der Waals surface area contributed by atoms with Gasteiger partial charge in [-0.1, -0.05) is 17.7 Å². The van der Waals surface area contributed by atoms with Crippen LogP contribution in [-0.4, -0.2) is 25.7 Å². The van der Waals surface area contributed by atoms with Crippen LogP contribution in [0.3, 0.4) is 0 Å². The molecular formula is C17H19ClN2O3. The first kappa shape index (κ1) is 17.1. The number of carbonyl (C=O) groups excluding carboxylic acids is 1. The van der Waals surface area contributed by atoms with Crippen molar-refractivity contribution < 1.29 is 14.3 Å². The molecule has 3 N–H and O–H groups in total. The molecule has 0 saturated carbocycles. The van der Waals surface area contributed by atoms with Crippen LogP contribution in [0.5, 0.6) is 5.75 Å². The van der Waals surface area contributed by atoms with Gasteiger partial charge in [-0.3, -0.25) is 4.79 Å². The highest BCUT2D eigenvalue weighted by Gasteiger charge is 2.08. The van der Waals surface area contributed by atoms with E-state index in [9.17, 15) is 4.79 Å². The largest absolute Gasteiger partial charge is 0.491 e. The van der Waals surface area contributed by atoms with E-state index in [2.05, 4.69) is 5.32 Å². The van der Waals surface area contributed by atoms with Crippen molar-refractivity contribution in [2.75, 3.05) is 30.9 Å². The summed E-state index contributed by atoms with van der Waals surface area (Å²) in [7, 11) is 0. The summed E-state index contributed by atoms with van der Waals surface area (Å²) in [5, 5.41) is 3.22. The number of hydrogen-bond acceptors (Lipinski definition) is 4. The Morgan fingerprint density at radius 2 is 2.04 bits per heavy atom. The van der Waals surface area contributed by atoms with Crippen molar-refractivity contribution >= 4 is 28.9 Å². The number of benzene rings is 2. The minimum atomic E-state index is -0.248. The third kappa shape index (κ3) is 5.16. The molecule has 0 radical (unpaired) electrons. The molecule has 0 aliphatic rings. The maximum absolute atomic E-state index is 12.3. The Bertz CT molecular complexity index is 677. The normalized spacial score (nSPS) is 10.3. The fourth-order valence-corrected chi connectivity index (χ4v) is 2.03. The van der Waals surface area contributed by atoms with Gasteiger partial charge < -0.3 is 20.5 Å². The van der Waals surface area contributed by atoms with Crippen LogP contribution in [-0.2, 0) is 4.74 Å². The number of nitrogens with two attached hydrogens (primary N) is 1. The van der Waals surface area contributed by atoms with Gasteiger partial charge in [-0.15, -0.1) is 0 Å². The van der Waals surface area contributed by atoms with Gasteiger partial charge in [-0.2, -0.15) is 0 Å². The number of anilines is 2. The van der Waals surface area contributed by atoms with Crippen LogP contribution in [0.15, 0.2) is 42.5 Å². The number of nitrogens with one attached hydrogen (secondary N) is 1. The summed E-state index contributed by atoms with van der Waals surface area (Å²) in [5.41, 5.74) is 7.21. The summed E-state index contributed by atoms with van der Waals surface area (Å²) in [6, 6.07) is 11.9. The molecular weight excluding hydrogens is 316 g/mol. The van der Waals surface area contributed by atoms with Gasteiger partial charge >= 0.3 is 0 Å². The summed E-state index contributed by atoms with van der Waals surface area (Å²) < 4.78 is 10.7. The summed E-state index contributed by atoms with van der Waals surface area (Å²) in [6.07, 6.45) is 0. The van der Waals surface area contributed by atoms with Crippen LogP contribution < -0.4 is 15.8 Å². The van der Waals surface area contributed by atoms with Gasteiger partial charge in [0.05, 0.1) is 17.3 Å². The Hall–Kier alpha value is -2.24.